The van der Waals surface area contributed by atoms with Gasteiger partial charge in [-0.1, -0.05) is 72.7 Å². The summed E-state index contributed by atoms with van der Waals surface area (Å²) in [6.07, 6.45) is 1.80. The van der Waals surface area contributed by atoms with Gasteiger partial charge >= 0.3 is 51.4 Å². The summed E-state index contributed by atoms with van der Waals surface area (Å²) in [5, 5.41) is 0. The Labute approximate surface area is 237 Å². The smallest absolute Gasteiger partial charge is 0.382 e. The fourth-order valence-electron chi connectivity index (χ4n) is 2.86. The summed E-state index contributed by atoms with van der Waals surface area (Å²) in [6, 6.07) is 12.4. The number of amidine groups is 1. The van der Waals surface area contributed by atoms with Gasteiger partial charge in [0.05, 0.1) is 18.9 Å². The van der Waals surface area contributed by atoms with Crippen LogP contribution in [-0.2, 0) is 9.47 Å². The first kappa shape index (κ1) is 31.4. The summed E-state index contributed by atoms with van der Waals surface area (Å²) in [6.45, 7) is 16.8. The molecule has 1 N–H and O–H groups in total. The molecule has 1 aromatic heterocycles. The second kappa shape index (κ2) is 16.1. The van der Waals surface area contributed by atoms with Crippen LogP contribution in [0.5, 0.6) is 0 Å². The Kier molecular flexibility index (Phi) is 15.8. The zero-order chi connectivity index (χ0) is 23.4. The number of aromatic nitrogens is 1. The van der Waals surface area contributed by atoms with Crippen molar-refractivity contribution in [3.05, 3.63) is 59.2 Å². The van der Waals surface area contributed by atoms with E-state index in [0.717, 1.165) is 17.0 Å². The first-order valence-corrected chi connectivity index (χ1v) is 11.0. The Bertz CT molecular complexity index is 833. The van der Waals surface area contributed by atoms with Gasteiger partial charge in [-0.3, -0.25) is 0 Å². The first-order valence-electron chi connectivity index (χ1n) is 11.0. The quantitative estimate of drug-likeness (QED) is 0.298. The summed E-state index contributed by atoms with van der Waals surface area (Å²) in [7, 11) is 3.30. The average molecular weight is 467 g/mol. The zero-order valence-corrected chi connectivity index (χ0v) is 24.9. The molecule has 0 unspecified atom stereocenters. The largest absolute Gasteiger partial charge is 1.00 e. The maximum atomic E-state index is 5.13. The van der Waals surface area contributed by atoms with Crippen molar-refractivity contribution in [1.29, 1.82) is 0 Å². The fraction of sp³-hybridized carbons (Fsp3) is 0.538. The summed E-state index contributed by atoms with van der Waals surface area (Å²) < 4.78 is 9.31. The Morgan fingerprint density at radius 3 is 1.81 bits per heavy atom. The van der Waals surface area contributed by atoms with Crippen LogP contribution in [0.1, 0.15) is 71.4 Å². The van der Waals surface area contributed by atoms with E-state index in [1.807, 2.05) is 18.2 Å². The molecule has 0 amide bonds. The zero-order valence-electron chi connectivity index (χ0n) is 21.8. The third-order valence-electron chi connectivity index (χ3n) is 4.68. The van der Waals surface area contributed by atoms with Crippen LogP contribution < -0.4 is 66.8 Å². The molecular formula is C26H41KN3O2+. The van der Waals surface area contributed by atoms with Crippen molar-refractivity contribution in [2.45, 2.75) is 60.3 Å². The van der Waals surface area contributed by atoms with E-state index in [9.17, 15) is 0 Å². The van der Waals surface area contributed by atoms with Crippen LogP contribution in [0.15, 0.2) is 47.6 Å². The van der Waals surface area contributed by atoms with Crippen molar-refractivity contribution in [3.63, 3.8) is 0 Å². The Hall–Kier alpha value is -0.604. The van der Waals surface area contributed by atoms with E-state index < -0.39 is 0 Å². The molecule has 32 heavy (non-hydrogen) atoms. The van der Waals surface area contributed by atoms with Gasteiger partial charge in [0.2, 0.25) is 0 Å². The summed E-state index contributed by atoms with van der Waals surface area (Å²) in [5.41, 5.74) is 4.38. The standard InChI is InChI=1S/C22H30N3.C4H10O2.K/c1-15(2)17-11-10-12-18(16(3)4)20(17)25-21(22(5,6)7)24-19-13-8-9-14-23-19;1-5-3-4-6-2;/h8-16H,1-7H3;3-4H2,1-2H3;/q-1;;+1/p+1. The average Bonchev–Trinajstić information content (AvgIpc) is 2.72. The number of methoxy groups -OCH3 is 2. The molecule has 0 saturated heterocycles. The molecule has 0 bridgehead atoms. The molecule has 5 nitrogen and oxygen atoms in total. The van der Waals surface area contributed by atoms with E-state index in [2.05, 4.69) is 86.1 Å². The van der Waals surface area contributed by atoms with Crippen molar-refractivity contribution < 1.29 is 65.9 Å². The van der Waals surface area contributed by atoms with E-state index >= 15 is 0 Å². The molecule has 2 aromatic rings. The summed E-state index contributed by atoms with van der Waals surface area (Å²) in [4.78, 5) is 13.0. The van der Waals surface area contributed by atoms with E-state index in [1.165, 1.54) is 11.1 Å². The molecule has 1 aromatic carbocycles. The maximum Gasteiger partial charge on any atom is 1.00 e. The number of rotatable bonds is 6. The molecule has 6 heteroatoms. The van der Waals surface area contributed by atoms with Crippen LogP contribution in [0, 0.1) is 5.41 Å². The van der Waals surface area contributed by atoms with Gasteiger partial charge in [0, 0.05) is 25.8 Å². The van der Waals surface area contributed by atoms with Crippen LogP contribution in [0.2, 0.25) is 0 Å². The van der Waals surface area contributed by atoms with Gasteiger partial charge < -0.3 is 14.5 Å². The van der Waals surface area contributed by atoms with Gasteiger partial charge in [0.15, 0.2) is 0 Å². The molecule has 1 heterocycles. The number of para-hydroxylation sites is 1. The minimum atomic E-state index is -0.115. The van der Waals surface area contributed by atoms with Crippen molar-refractivity contribution >= 4 is 11.5 Å². The van der Waals surface area contributed by atoms with Gasteiger partial charge in [0.1, 0.15) is 11.3 Å². The van der Waals surface area contributed by atoms with E-state index in [4.69, 9.17) is 4.99 Å². The minimum Gasteiger partial charge on any atom is -0.382 e. The van der Waals surface area contributed by atoms with E-state index in [1.54, 1.807) is 20.4 Å². The van der Waals surface area contributed by atoms with E-state index in [0.29, 0.717) is 25.0 Å². The Morgan fingerprint density at radius 1 is 0.906 bits per heavy atom. The third kappa shape index (κ3) is 11.0. The minimum absolute atomic E-state index is 0. The second-order valence-electron chi connectivity index (χ2n) is 9.13. The molecule has 0 spiro atoms. The fourth-order valence-corrected chi connectivity index (χ4v) is 2.86. The van der Waals surface area contributed by atoms with Gasteiger partial charge in [-0.15, -0.1) is 0 Å². The predicted octanol–water partition coefficient (Wildman–Crippen LogP) is 0.931. The molecule has 0 aliphatic heterocycles. The number of hydrogen-bond donors (Lipinski definition) is 1. The first-order chi connectivity index (χ1) is 14.6. The summed E-state index contributed by atoms with van der Waals surface area (Å²) in [5.74, 6) is 1.78. The Balaban J connectivity index is 0.00000121. The van der Waals surface area contributed by atoms with Crippen LogP contribution in [-0.4, -0.2) is 33.3 Å². The van der Waals surface area contributed by atoms with Crippen LogP contribution in [0.3, 0.4) is 0 Å². The molecular weight excluding hydrogens is 425 g/mol. The second-order valence-corrected chi connectivity index (χ2v) is 9.13. The van der Waals surface area contributed by atoms with Gasteiger partial charge in [-0.2, -0.15) is 0 Å². The van der Waals surface area contributed by atoms with Crippen LogP contribution >= 0.6 is 0 Å². The molecule has 172 valence electrons. The molecule has 0 saturated carbocycles. The number of ether oxygens (including phenoxy) is 2. The molecule has 0 radical (unpaired) electrons. The Morgan fingerprint density at radius 2 is 1.44 bits per heavy atom. The molecule has 0 aliphatic rings. The number of hydrogen-bond acceptors (Lipinski definition) is 3. The topological polar surface area (TPSA) is 58.9 Å². The molecule has 2 rings (SSSR count). The van der Waals surface area contributed by atoms with Crippen molar-refractivity contribution in [3.8, 4) is 0 Å². The number of pyridine rings is 1. The molecule has 0 aliphatic carbocycles. The monoisotopic (exact) mass is 466 g/mol. The van der Waals surface area contributed by atoms with Gasteiger partial charge in [-0.25, -0.2) is 9.98 Å². The van der Waals surface area contributed by atoms with Crippen LogP contribution in [0.25, 0.3) is 0 Å². The normalized spacial score (nSPS) is 12.5. The SMILES string of the molecule is CC(C)c1cccc(C(C)C)c1N=C([NH+]=c1cccc[n-]1)C(C)(C)C.COCCOC.[K+]. The number of aliphatic imine (C=N–C) groups is 1. The number of nitrogens with zero attached hydrogens (tertiary/aromatic N) is 2. The number of nitrogens with one attached hydrogen (secondary N) is 1. The van der Waals surface area contributed by atoms with Crippen LogP contribution in [0.4, 0.5) is 5.69 Å². The summed E-state index contributed by atoms with van der Waals surface area (Å²) >= 11 is 0. The van der Waals surface area contributed by atoms with Gasteiger partial charge in [-0.05, 0) is 35.1 Å². The van der Waals surface area contributed by atoms with Crippen molar-refractivity contribution in [1.82, 2.24) is 4.98 Å². The third-order valence-corrected chi connectivity index (χ3v) is 4.68. The predicted molar refractivity (Wildman–Crippen MR) is 129 cm³/mol. The number of benzene rings is 1. The molecule has 0 atom stereocenters. The van der Waals surface area contributed by atoms with Gasteiger partial charge in [0.25, 0.3) is 0 Å². The maximum absolute atomic E-state index is 5.13. The molecule has 0 fully saturated rings. The van der Waals surface area contributed by atoms with Crippen molar-refractivity contribution in [2.24, 2.45) is 10.4 Å². The van der Waals surface area contributed by atoms with Crippen molar-refractivity contribution in [2.75, 3.05) is 27.4 Å². The van der Waals surface area contributed by atoms with E-state index in [-0.39, 0.29) is 56.8 Å².